The van der Waals surface area contributed by atoms with Gasteiger partial charge in [-0.3, -0.25) is 19.2 Å². The third-order valence-electron chi connectivity index (χ3n) is 7.49. The summed E-state index contributed by atoms with van der Waals surface area (Å²) in [6, 6.07) is 1.87. The Morgan fingerprint density at radius 1 is 1.22 bits per heavy atom. The number of nitrogens with zero attached hydrogens (tertiary/aromatic N) is 1. The van der Waals surface area contributed by atoms with Crippen LogP contribution in [-0.4, -0.2) is 83.5 Å². The zero-order valence-electron chi connectivity index (χ0n) is 21.1. The monoisotopic (exact) mass is 514 g/mol. The number of ketones is 1. The molecular weight excluding hydrogens is 480 g/mol. The summed E-state index contributed by atoms with van der Waals surface area (Å²) < 4.78 is 11.6. The maximum Gasteiger partial charge on any atom is 0.290 e. The van der Waals surface area contributed by atoms with E-state index < -0.39 is 41.8 Å². The Morgan fingerprint density at radius 2 is 1.95 bits per heavy atom. The van der Waals surface area contributed by atoms with Crippen LogP contribution >= 0.6 is 0 Å². The molecule has 0 radical (unpaired) electrons. The SMILES string of the molecule is CCC(=O)C(=O)N(C1CCCCC1)[C@@H]1C=C(C(=O)NCCO)[C@@H]2c3cc(C=O)cc(OC)c3O[C@@H]2[C@H]1O. The van der Waals surface area contributed by atoms with Crippen molar-refractivity contribution in [3.8, 4) is 11.5 Å². The smallest absolute Gasteiger partial charge is 0.290 e. The number of aldehydes is 1. The van der Waals surface area contributed by atoms with Crippen molar-refractivity contribution in [2.45, 2.75) is 75.7 Å². The van der Waals surface area contributed by atoms with Crippen molar-refractivity contribution in [1.29, 1.82) is 0 Å². The van der Waals surface area contributed by atoms with Gasteiger partial charge in [0.05, 0.1) is 25.7 Å². The molecule has 0 saturated heterocycles. The Labute approximate surface area is 215 Å². The number of Topliss-reactive ketones (excluding diaryl/α,β-unsaturated/α-hetero) is 1. The number of amides is 2. The standard InChI is InChI=1S/C27H34N2O8/c1-3-20(32)27(35)29(16-7-5-4-6-8-16)19-13-18(26(34)28-9-10-30)22-17-11-15(14-31)12-21(36-2)24(17)37-25(22)23(19)33/h11-14,16,19,22-23,25,30,33H,3-10H2,1-2H3,(H,28,34)/t19-,22+,23+,25+/m1/s1. The maximum atomic E-state index is 13.4. The topological polar surface area (TPSA) is 142 Å². The Morgan fingerprint density at radius 3 is 2.57 bits per heavy atom. The molecule has 1 aliphatic heterocycles. The van der Waals surface area contributed by atoms with Gasteiger partial charge in [0.2, 0.25) is 11.7 Å². The van der Waals surface area contributed by atoms with E-state index in [9.17, 15) is 29.4 Å². The van der Waals surface area contributed by atoms with Gasteiger partial charge in [0.1, 0.15) is 18.5 Å². The molecule has 37 heavy (non-hydrogen) atoms. The van der Waals surface area contributed by atoms with Crippen molar-refractivity contribution in [2.75, 3.05) is 20.3 Å². The molecule has 1 aromatic carbocycles. The number of hydrogen-bond donors (Lipinski definition) is 3. The zero-order chi connectivity index (χ0) is 26.7. The molecule has 1 saturated carbocycles. The summed E-state index contributed by atoms with van der Waals surface area (Å²) in [4.78, 5) is 52.3. The van der Waals surface area contributed by atoms with Crippen LogP contribution in [0.15, 0.2) is 23.8 Å². The van der Waals surface area contributed by atoms with Gasteiger partial charge < -0.3 is 29.9 Å². The van der Waals surface area contributed by atoms with E-state index in [1.54, 1.807) is 19.1 Å². The fraction of sp³-hybridized carbons (Fsp3) is 0.556. The summed E-state index contributed by atoms with van der Waals surface area (Å²) in [5.41, 5.74) is 1.06. The molecule has 10 heteroatoms. The first-order chi connectivity index (χ1) is 17.9. The van der Waals surface area contributed by atoms with Gasteiger partial charge in [0.15, 0.2) is 11.5 Å². The molecule has 0 bridgehead atoms. The van der Waals surface area contributed by atoms with Crippen LogP contribution in [-0.2, 0) is 14.4 Å². The average Bonchev–Trinajstić information content (AvgIpc) is 3.32. The summed E-state index contributed by atoms with van der Waals surface area (Å²) in [6.07, 6.45) is 4.21. The number of aliphatic hydroxyl groups excluding tert-OH is 2. The Bertz CT molecular complexity index is 1090. The number of rotatable bonds is 9. The largest absolute Gasteiger partial charge is 0.493 e. The lowest BCUT2D eigenvalue weighted by Crippen LogP contribution is -2.59. The Hall–Kier alpha value is -3.24. The first-order valence-electron chi connectivity index (χ1n) is 12.8. The van der Waals surface area contributed by atoms with E-state index in [1.807, 2.05) is 0 Å². The van der Waals surface area contributed by atoms with Crippen LogP contribution in [0, 0.1) is 0 Å². The molecule has 2 aliphatic carbocycles. The first kappa shape index (κ1) is 26.8. The molecule has 200 valence electrons. The fourth-order valence-corrected chi connectivity index (χ4v) is 5.73. The van der Waals surface area contributed by atoms with E-state index in [2.05, 4.69) is 5.32 Å². The number of aliphatic hydroxyl groups is 2. The van der Waals surface area contributed by atoms with Crippen LogP contribution in [0.4, 0.5) is 0 Å². The molecule has 4 atom stereocenters. The van der Waals surface area contributed by atoms with Gasteiger partial charge in [-0.1, -0.05) is 26.2 Å². The second-order valence-corrected chi connectivity index (χ2v) is 9.68. The molecule has 0 unspecified atom stereocenters. The quantitative estimate of drug-likeness (QED) is 0.330. The third-order valence-corrected chi connectivity index (χ3v) is 7.49. The maximum absolute atomic E-state index is 13.4. The van der Waals surface area contributed by atoms with Crippen molar-refractivity contribution >= 4 is 23.9 Å². The minimum absolute atomic E-state index is 0.00574. The summed E-state index contributed by atoms with van der Waals surface area (Å²) in [5, 5.41) is 23.5. The molecule has 10 nitrogen and oxygen atoms in total. The lowest BCUT2D eigenvalue weighted by atomic mass is 9.76. The predicted molar refractivity (Wildman–Crippen MR) is 133 cm³/mol. The molecule has 1 aromatic rings. The molecule has 2 amide bonds. The third kappa shape index (κ3) is 5.00. The lowest BCUT2D eigenvalue weighted by Gasteiger charge is -2.44. The van der Waals surface area contributed by atoms with Crippen LogP contribution < -0.4 is 14.8 Å². The van der Waals surface area contributed by atoms with E-state index in [4.69, 9.17) is 9.47 Å². The van der Waals surface area contributed by atoms with E-state index in [0.717, 1.165) is 19.3 Å². The van der Waals surface area contributed by atoms with Crippen LogP contribution in [0.25, 0.3) is 0 Å². The summed E-state index contributed by atoms with van der Waals surface area (Å²) >= 11 is 0. The van der Waals surface area contributed by atoms with Gasteiger partial charge in [0, 0.05) is 35.7 Å². The fourth-order valence-electron chi connectivity index (χ4n) is 5.73. The Balaban J connectivity index is 1.84. The number of fused-ring (bicyclic) bond motifs is 3. The van der Waals surface area contributed by atoms with Crippen LogP contribution in [0.5, 0.6) is 11.5 Å². The summed E-state index contributed by atoms with van der Waals surface area (Å²) in [6.45, 7) is 1.35. The second-order valence-electron chi connectivity index (χ2n) is 9.68. The molecule has 0 aromatic heterocycles. The first-order valence-corrected chi connectivity index (χ1v) is 12.8. The molecule has 4 rings (SSSR count). The highest BCUT2D eigenvalue weighted by Crippen LogP contribution is 2.51. The minimum Gasteiger partial charge on any atom is -0.493 e. The molecular formula is C27H34N2O8. The van der Waals surface area contributed by atoms with Gasteiger partial charge in [-0.2, -0.15) is 0 Å². The normalized spacial score (nSPS) is 24.7. The Kier molecular flexibility index (Phi) is 8.29. The van der Waals surface area contributed by atoms with Gasteiger partial charge in [-0.25, -0.2) is 0 Å². The van der Waals surface area contributed by atoms with E-state index >= 15 is 0 Å². The highest BCUT2D eigenvalue weighted by atomic mass is 16.5. The van der Waals surface area contributed by atoms with Crippen molar-refractivity contribution in [2.24, 2.45) is 0 Å². The number of methoxy groups -OCH3 is 1. The highest BCUT2D eigenvalue weighted by Gasteiger charge is 2.52. The minimum atomic E-state index is -1.26. The highest BCUT2D eigenvalue weighted by molar-refractivity contribution is 6.36. The number of carbonyl (C=O) groups is 4. The van der Waals surface area contributed by atoms with Crippen LogP contribution in [0.2, 0.25) is 0 Å². The van der Waals surface area contributed by atoms with Crippen molar-refractivity contribution in [3.05, 3.63) is 34.9 Å². The van der Waals surface area contributed by atoms with Gasteiger partial charge in [-0.05, 0) is 31.1 Å². The summed E-state index contributed by atoms with van der Waals surface area (Å²) in [5.74, 6) is -1.89. The van der Waals surface area contributed by atoms with Crippen LogP contribution in [0.3, 0.4) is 0 Å². The van der Waals surface area contributed by atoms with Gasteiger partial charge in [0.25, 0.3) is 5.91 Å². The average molecular weight is 515 g/mol. The number of benzene rings is 1. The molecule has 3 N–H and O–H groups in total. The molecule has 1 fully saturated rings. The van der Waals surface area contributed by atoms with Crippen LogP contribution in [0.1, 0.15) is 67.3 Å². The van der Waals surface area contributed by atoms with E-state index in [-0.39, 0.29) is 36.9 Å². The van der Waals surface area contributed by atoms with Crippen molar-refractivity contribution in [1.82, 2.24) is 10.2 Å². The van der Waals surface area contributed by atoms with Crippen molar-refractivity contribution in [3.63, 3.8) is 0 Å². The summed E-state index contributed by atoms with van der Waals surface area (Å²) in [7, 11) is 1.43. The molecule has 3 aliphatic rings. The number of hydrogen-bond acceptors (Lipinski definition) is 8. The molecule has 1 heterocycles. The van der Waals surface area contributed by atoms with E-state index in [0.29, 0.717) is 36.0 Å². The van der Waals surface area contributed by atoms with E-state index in [1.165, 1.54) is 18.1 Å². The molecule has 0 spiro atoms. The lowest BCUT2D eigenvalue weighted by molar-refractivity contribution is -0.151. The van der Waals surface area contributed by atoms with Gasteiger partial charge in [-0.15, -0.1) is 0 Å². The predicted octanol–water partition coefficient (Wildman–Crippen LogP) is 1.27. The number of carbonyl (C=O) groups excluding carboxylic acids is 4. The van der Waals surface area contributed by atoms with Crippen molar-refractivity contribution < 1.29 is 38.9 Å². The zero-order valence-corrected chi connectivity index (χ0v) is 21.1. The second kappa shape index (κ2) is 11.4. The number of ether oxygens (including phenoxy) is 2. The number of nitrogens with one attached hydrogen (secondary N) is 1. The van der Waals surface area contributed by atoms with Gasteiger partial charge >= 0.3 is 0 Å².